The van der Waals surface area contributed by atoms with Crippen molar-refractivity contribution in [2.24, 2.45) is 29.1 Å². The monoisotopic (exact) mass is 462 g/mol. The molecule has 2 N–H and O–H groups in total. The third kappa shape index (κ3) is 4.88. The van der Waals surface area contributed by atoms with E-state index >= 15 is 0 Å². The van der Waals surface area contributed by atoms with Crippen molar-refractivity contribution in [2.45, 2.75) is 51.9 Å². The summed E-state index contributed by atoms with van der Waals surface area (Å²) in [7, 11) is 4.18. The second-order valence-corrected chi connectivity index (χ2v) is 10.7. The molecule has 0 bridgehead atoms. The van der Waals surface area contributed by atoms with E-state index in [-0.39, 0.29) is 0 Å². The summed E-state index contributed by atoms with van der Waals surface area (Å²) in [5.41, 5.74) is 4.91. The molecule has 0 amide bonds. The predicted molar refractivity (Wildman–Crippen MR) is 128 cm³/mol. The highest BCUT2D eigenvalue weighted by Crippen LogP contribution is 2.63. The molecule has 4 rings (SSSR count). The van der Waals surface area contributed by atoms with Crippen LogP contribution in [0.2, 0.25) is 0 Å². The minimum Gasteiger partial charge on any atom is -0.399 e. The number of allylic oxidation sites excluding steroid dienone is 1. The number of hydrogen-bond donors (Lipinski definition) is 1. The third-order valence-corrected chi connectivity index (χ3v) is 8.62. The molecule has 3 aliphatic carbocycles. The SMILES string of the molecule is C[C@@H]1Cc2cc(OSOON)ccc2C2CCC3(C)/C(=C/COCCN(C)C)CCC3C21. The van der Waals surface area contributed by atoms with Gasteiger partial charge >= 0.3 is 0 Å². The van der Waals surface area contributed by atoms with Crippen molar-refractivity contribution in [1.82, 2.24) is 4.90 Å². The Balaban J connectivity index is 1.46. The fraction of sp³-hybridized carbons (Fsp3) is 0.680. The van der Waals surface area contributed by atoms with Gasteiger partial charge in [-0.1, -0.05) is 31.6 Å². The highest BCUT2D eigenvalue weighted by Gasteiger charge is 2.54. The van der Waals surface area contributed by atoms with Crippen molar-refractivity contribution in [3.63, 3.8) is 0 Å². The van der Waals surface area contributed by atoms with Crippen LogP contribution in [0, 0.1) is 23.2 Å². The van der Waals surface area contributed by atoms with Crippen LogP contribution in [0.3, 0.4) is 0 Å². The van der Waals surface area contributed by atoms with Crippen LogP contribution >= 0.6 is 12.3 Å². The van der Waals surface area contributed by atoms with Gasteiger partial charge in [-0.15, -0.1) is 9.32 Å². The summed E-state index contributed by atoms with van der Waals surface area (Å²) in [5, 5.41) is 0. The fourth-order valence-corrected chi connectivity index (χ4v) is 6.99. The number of rotatable bonds is 9. The molecule has 2 fully saturated rings. The van der Waals surface area contributed by atoms with Crippen LogP contribution in [-0.4, -0.2) is 38.8 Å². The average Bonchev–Trinajstić information content (AvgIpc) is 3.09. The van der Waals surface area contributed by atoms with Crippen molar-refractivity contribution in [1.29, 1.82) is 0 Å². The lowest BCUT2D eigenvalue weighted by Gasteiger charge is -2.52. The molecule has 1 aromatic carbocycles. The van der Waals surface area contributed by atoms with Gasteiger partial charge in [0.2, 0.25) is 0 Å². The van der Waals surface area contributed by atoms with Crippen LogP contribution in [0.4, 0.5) is 0 Å². The summed E-state index contributed by atoms with van der Waals surface area (Å²) in [6.07, 6.45) is 8.58. The summed E-state index contributed by atoms with van der Waals surface area (Å²) < 4.78 is 16.0. The van der Waals surface area contributed by atoms with E-state index in [1.54, 1.807) is 5.57 Å². The summed E-state index contributed by atoms with van der Waals surface area (Å²) >= 11 is 0.737. The van der Waals surface area contributed by atoms with Crippen LogP contribution in [-0.2, 0) is 20.5 Å². The molecule has 5 atom stereocenters. The lowest BCUT2D eigenvalue weighted by molar-refractivity contribution is -0.199. The largest absolute Gasteiger partial charge is 0.399 e. The van der Waals surface area contributed by atoms with Gasteiger partial charge in [-0.2, -0.15) is 5.90 Å². The first-order chi connectivity index (χ1) is 15.4. The Labute approximate surface area is 197 Å². The number of hydrogen-bond acceptors (Lipinski definition) is 7. The molecule has 178 valence electrons. The topological polar surface area (TPSA) is 66.2 Å². The number of likely N-dealkylation sites (N-methyl/N-ethyl adjacent to an activating group) is 1. The Bertz CT molecular complexity index is 817. The fourth-order valence-electron chi connectivity index (χ4n) is 6.75. The summed E-state index contributed by atoms with van der Waals surface area (Å²) in [4.78, 5) is 6.26. The zero-order valence-corrected chi connectivity index (χ0v) is 20.7. The number of fused-ring (bicyclic) bond motifs is 5. The second kappa shape index (κ2) is 10.5. The van der Waals surface area contributed by atoms with Gasteiger partial charge in [-0.3, -0.25) is 0 Å². The molecule has 32 heavy (non-hydrogen) atoms. The van der Waals surface area contributed by atoms with Crippen molar-refractivity contribution in [2.75, 3.05) is 33.9 Å². The molecular formula is C25H38N2O4S. The molecule has 2 saturated carbocycles. The minimum atomic E-state index is 0.330. The summed E-state index contributed by atoms with van der Waals surface area (Å²) in [6, 6.07) is 6.47. The van der Waals surface area contributed by atoms with Crippen LogP contribution in [0.25, 0.3) is 0 Å². The zero-order valence-electron chi connectivity index (χ0n) is 19.8. The third-order valence-electron chi connectivity index (χ3n) is 8.22. The lowest BCUT2D eigenvalue weighted by atomic mass is 9.52. The van der Waals surface area contributed by atoms with Gasteiger partial charge in [-0.25, -0.2) is 0 Å². The molecule has 0 aromatic heterocycles. The molecule has 0 spiro atoms. The first-order valence-electron chi connectivity index (χ1n) is 11.9. The van der Waals surface area contributed by atoms with Gasteiger partial charge in [0.25, 0.3) is 12.3 Å². The zero-order chi connectivity index (χ0) is 22.7. The summed E-state index contributed by atoms with van der Waals surface area (Å²) in [6.45, 7) is 7.50. The van der Waals surface area contributed by atoms with Gasteiger partial charge in [0.05, 0.1) is 13.2 Å². The Morgan fingerprint density at radius 3 is 2.91 bits per heavy atom. The van der Waals surface area contributed by atoms with Gasteiger partial charge in [0.15, 0.2) is 0 Å². The number of nitrogens with zero attached hydrogens (tertiary/aromatic N) is 1. The second-order valence-electron chi connectivity index (χ2n) is 10.3. The predicted octanol–water partition coefficient (Wildman–Crippen LogP) is 5.06. The van der Waals surface area contributed by atoms with E-state index in [1.165, 1.54) is 36.8 Å². The molecule has 6 nitrogen and oxygen atoms in total. The van der Waals surface area contributed by atoms with Crippen LogP contribution in [0.5, 0.6) is 5.75 Å². The first-order valence-corrected chi connectivity index (χ1v) is 12.5. The van der Waals surface area contributed by atoms with Crippen molar-refractivity contribution in [3.8, 4) is 5.75 Å². The van der Waals surface area contributed by atoms with E-state index in [9.17, 15) is 0 Å². The maximum absolute atomic E-state index is 5.90. The Morgan fingerprint density at radius 2 is 2.12 bits per heavy atom. The Kier molecular flexibility index (Phi) is 7.85. The number of nitrogens with two attached hydrogens (primary N) is 1. The number of benzene rings is 1. The molecule has 0 heterocycles. The van der Waals surface area contributed by atoms with E-state index in [1.807, 2.05) is 6.07 Å². The summed E-state index contributed by atoms with van der Waals surface area (Å²) in [5.74, 6) is 8.47. The van der Waals surface area contributed by atoms with E-state index in [2.05, 4.69) is 60.4 Å². The molecule has 1 aromatic rings. The molecule has 7 heteroatoms. The van der Waals surface area contributed by atoms with Crippen molar-refractivity contribution in [3.05, 3.63) is 41.0 Å². The van der Waals surface area contributed by atoms with Gasteiger partial charge in [-0.05, 0) is 98.5 Å². The first kappa shape index (κ1) is 24.0. The van der Waals surface area contributed by atoms with Crippen LogP contribution in [0.1, 0.15) is 56.6 Å². The van der Waals surface area contributed by atoms with Gasteiger partial charge in [0, 0.05) is 6.54 Å². The van der Waals surface area contributed by atoms with Gasteiger partial charge < -0.3 is 13.8 Å². The Morgan fingerprint density at radius 1 is 1.28 bits per heavy atom. The van der Waals surface area contributed by atoms with E-state index in [0.29, 0.717) is 17.3 Å². The van der Waals surface area contributed by atoms with Crippen molar-refractivity contribution < 1.29 is 18.2 Å². The normalized spacial score (nSPS) is 32.6. The maximum Gasteiger partial charge on any atom is 0.260 e. The Hall–Kier alpha value is -1.09. The highest BCUT2D eigenvalue weighted by molar-refractivity contribution is 7.90. The van der Waals surface area contributed by atoms with Crippen molar-refractivity contribution >= 4 is 12.3 Å². The molecule has 3 aliphatic rings. The smallest absolute Gasteiger partial charge is 0.260 e. The number of ether oxygens (including phenoxy) is 1. The van der Waals surface area contributed by atoms with E-state index in [0.717, 1.165) is 56.1 Å². The quantitative estimate of drug-likeness (QED) is 0.181. The highest BCUT2D eigenvalue weighted by atomic mass is 32.2. The standard InChI is InChI=1S/C25H38N2O4S/c1-17-15-18-16-20(29-32-31-30-26)6-7-21(18)22-9-11-25(2)19(5-8-23(25)24(17)22)10-13-28-14-12-27(3)4/h6-7,10,16-17,22-24H,5,8-9,11-15,26H2,1-4H3/b19-10+/t17-,22?,23?,24?,25?/m1/s1. The van der Waals surface area contributed by atoms with E-state index in [4.69, 9.17) is 14.8 Å². The molecule has 4 unspecified atom stereocenters. The molecular weight excluding hydrogens is 424 g/mol. The molecule has 0 aliphatic heterocycles. The minimum absolute atomic E-state index is 0.330. The average molecular weight is 463 g/mol. The molecule has 0 radical (unpaired) electrons. The maximum atomic E-state index is 5.90. The lowest BCUT2D eigenvalue weighted by Crippen LogP contribution is -2.43. The van der Waals surface area contributed by atoms with Crippen LogP contribution < -0.4 is 10.1 Å². The van der Waals surface area contributed by atoms with E-state index < -0.39 is 0 Å². The molecule has 0 saturated heterocycles. The van der Waals surface area contributed by atoms with Crippen LogP contribution in [0.15, 0.2) is 29.8 Å². The van der Waals surface area contributed by atoms with Gasteiger partial charge in [0.1, 0.15) is 5.75 Å².